The zero-order chi connectivity index (χ0) is 17.8. The first kappa shape index (κ1) is 17.1. The molecule has 0 N–H and O–H groups in total. The van der Waals surface area contributed by atoms with E-state index in [1.54, 1.807) is 12.3 Å². The molecule has 0 aliphatic carbocycles. The second kappa shape index (κ2) is 7.41. The highest BCUT2D eigenvalue weighted by atomic mass is 35.5. The molecular weight excluding hydrogens is 330 g/mol. The van der Waals surface area contributed by atoms with Crippen molar-refractivity contribution in [2.75, 3.05) is 0 Å². The number of aryl methyl sites for hydroxylation is 1. The highest BCUT2D eigenvalue weighted by molar-refractivity contribution is 6.30. The van der Waals surface area contributed by atoms with Gasteiger partial charge in [-0.25, -0.2) is 15.0 Å². The molecule has 0 aliphatic rings. The maximum Gasteiger partial charge on any atom is 0.178 e. The smallest absolute Gasteiger partial charge is 0.178 e. The summed E-state index contributed by atoms with van der Waals surface area (Å²) >= 11 is 6.08. The van der Waals surface area contributed by atoms with E-state index < -0.39 is 0 Å². The van der Waals surface area contributed by atoms with Gasteiger partial charge in [0.1, 0.15) is 5.69 Å². The number of halogens is 1. The lowest BCUT2D eigenvalue weighted by molar-refractivity contribution is 1.02. The third-order valence-electron chi connectivity index (χ3n) is 3.87. The zero-order valence-electron chi connectivity index (χ0n) is 14.0. The Morgan fingerprint density at radius 3 is 2.76 bits per heavy atom. The molecule has 0 saturated heterocycles. The Morgan fingerprint density at radius 2 is 2.00 bits per heavy atom. The van der Waals surface area contributed by atoms with Crippen LogP contribution < -0.4 is 10.6 Å². The van der Waals surface area contributed by atoms with Gasteiger partial charge in [-0.05, 0) is 42.3 Å². The van der Waals surface area contributed by atoms with Gasteiger partial charge in [0.05, 0.1) is 5.35 Å². The van der Waals surface area contributed by atoms with Crippen molar-refractivity contribution in [3.63, 3.8) is 0 Å². The van der Waals surface area contributed by atoms with Crippen molar-refractivity contribution < 1.29 is 0 Å². The molecule has 25 heavy (non-hydrogen) atoms. The van der Waals surface area contributed by atoms with Crippen LogP contribution in [-0.4, -0.2) is 15.0 Å². The van der Waals surface area contributed by atoms with Crippen LogP contribution in [0.5, 0.6) is 0 Å². The highest BCUT2D eigenvalue weighted by Crippen LogP contribution is 2.18. The van der Waals surface area contributed by atoms with Crippen molar-refractivity contribution >= 4 is 24.3 Å². The zero-order valence-corrected chi connectivity index (χ0v) is 14.8. The van der Waals surface area contributed by atoms with Crippen LogP contribution in [0.1, 0.15) is 16.8 Å². The van der Waals surface area contributed by atoms with Gasteiger partial charge in [0.2, 0.25) is 0 Å². The average molecular weight is 348 g/mol. The summed E-state index contributed by atoms with van der Waals surface area (Å²) in [6.45, 7) is 9.69. The lowest BCUT2D eigenvalue weighted by Gasteiger charge is -2.08. The third kappa shape index (κ3) is 4.01. The third-order valence-corrected chi connectivity index (χ3v) is 4.10. The Kier molecular flexibility index (Phi) is 5.05. The molecule has 3 nitrogen and oxygen atoms in total. The summed E-state index contributed by atoms with van der Waals surface area (Å²) in [7, 11) is 0. The fourth-order valence-electron chi connectivity index (χ4n) is 2.51. The SMILES string of the molecule is C=C/C=c1/nc(-c2ccc(C)c(Cc3cccc(Cl)c3)n2)ncc1=C. The first-order valence-electron chi connectivity index (χ1n) is 7.93. The summed E-state index contributed by atoms with van der Waals surface area (Å²) in [5.41, 5.74) is 3.96. The summed E-state index contributed by atoms with van der Waals surface area (Å²) in [5, 5.41) is 2.24. The van der Waals surface area contributed by atoms with E-state index in [-0.39, 0.29) is 0 Å². The number of pyridine rings is 1. The molecule has 0 bridgehead atoms. The van der Waals surface area contributed by atoms with E-state index in [4.69, 9.17) is 16.6 Å². The molecule has 0 spiro atoms. The molecule has 3 rings (SSSR count). The van der Waals surface area contributed by atoms with Crippen molar-refractivity contribution in [3.05, 3.63) is 87.7 Å². The molecule has 2 heterocycles. The summed E-state index contributed by atoms with van der Waals surface area (Å²) in [5.74, 6) is 0.577. The lowest BCUT2D eigenvalue weighted by atomic mass is 10.1. The van der Waals surface area contributed by atoms with Gasteiger partial charge >= 0.3 is 0 Å². The van der Waals surface area contributed by atoms with E-state index in [0.717, 1.165) is 38.1 Å². The molecule has 0 saturated carbocycles. The van der Waals surface area contributed by atoms with Crippen molar-refractivity contribution in [1.29, 1.82) is 0 Å². The van der Waals surface area contributed by atoms with E-state index in [1.807, 2.05) is 49.4 Å². The van der Waals surface area contributed by atoms with E-state index in [2.05, 4.69) is 23.1 Å². The largest absolute Gasteiger partial charge is 0.249 e. The average Bonchev–Trinajstić information content (AvgIpc) is 2.59. The molecule has 1 aromatic carbocycles. The van der Waals surface area contributed by atoms with E-state index >= 15 is 0 Å². The Hall–Kier alpha value is -2.78. The predicted molar refractivity (Wildman–Crippen MR) is 104 cm³/mol. The molecule has 124 valence electrons. The molecule has 0 unspecified atom stereocenters. The van der Waals surface area contributed by atoms with Gasteiger partial charge in [-0.15, -0.1) is 0 Å². The monoisotopic (exact) mass is 347 g/mol. The minimum absolute atomic E-state index is 0.577. The minimum atomic E-state index is 0.577. The molecule has 3 aromatic rings. The lowest BCUT2D eigenvalue weighted by Crippen LogP contribution is -2.28. The molecule has 0 amide bonds. The number of hydrogen-bond acceptors (Lipinski definition) is 3. The fourth-order valence-corrected chi connectivity index (χ4v) is 2.73. The van der Waals surface area contributed by atoms with Crippen LogP contribution in [-0.2, 0) is 6.42 Å². The number of aromatic nitrogens is 3. The second-order valence-electron chi connectivity index (χ2n) is 5.77. The Bertz CT molecular complexity index is 1040. The van der Waals surface area contributed by atoms with E-state index in [0.29, 0.717) is 12.2 Å². The van der Waals surface area contributed by atoms with Crippen LogP contribution in [0.15, 0.2) is 55.3 Å². The number of hydrogen-bond donors (Lipinski definition) is 0. The Morgan fingerprint density at radius 1 is 1.16 bits per heavy atom. The van der Waals surface area contributed by atoms with Crippen molar-refractivity contribution in [1.82, 2.24) is 15.0 Å². The van der Waals surface area contributed by atoms with Gasteiger partial charge in [-0.3, -0.25) is 0 Å². The number of allylic oxidation sites excluding steroid dienone is 1. The van der Waals surface area contributed by atoms with Crippen LogP contribution in [0.25, 0.3) is 24.2 Å². The van der Waals surface area contributed by atoms with Gasteiger partial charge in [0.15, 0.2) is 5.82 Å². The molecule has 0 fully saturated rings. The van der Waals surface area contributed by atoms with Crippen LogP contribution in [0.2, 0.25) is 5.02 Å². The summed E-state index contributed by atoms with van der Waals surface area (Å²) in [6.07, 6.45) is 5.91. The summed E-state index contributed by atoms with van der Waals surface area (Å²) in [6, 6.07) is 11.8. The molecule has 2 aromatic heterocycles. The van der Waals surface area contributed by atoms with Gasteiger partial charge < -0.3 is 0 Å². The van der Waals surface area contributed by atoms with Crippen LogP contribution in [0, 0.1) is 6.92 Å². The topological polar surface area (TPSA) is 38.7 Å². The Balaban J connectivity index is 2.02. The minimum Gasteiger partial charge on any atom is -0.249 e. The normalized spacial score (nSPS) is 11.5. The molecule has 0 aliphatic heterocycles. The van der Waals surface area contributed by atoms with E-state index in [1.165, 1.54) is 0 Å². The molecular formula is C21H18ClN3. The summed E-state index contributed by atoms with van der Waals surface area (Å²) < 4.78 is 0. The standard InChI is InChI=1S/C21H18ClN3/c1-4-6-18-15(3)13-23-21(25-18)19-10-9-14(2)20(24-19)12-16-7-5-8-17(22)11-16/h4-11,13H,1,3,12H2,2H3/b18-6+. The van der Waals surface area contributed by atoms with Gasteiger partial charge in [0.25, 0.3) is 0 Å². The van der Waals surface area contributed by atoms with Crippen LogP contribution in [0.3, 0.4) is 0 Å². The van der Waals surface area contributed by atoms with Gasteiger partial charge in [-0.2, -0.15) is 0 Å². The van der Waals surface area contributed by atoms with Crippen LogP contribution in [0.4, 0.5) is 0 Å². The van der Waals surface area contributed by atoms with E-state index in [9.17, 15) is 0 Å². The molecule has 0 radical (unpaired) electrons. The van der Waals surface area contributed by atoms with Gasteiger partial charge in [0, 0.05) is 28.6 Å². The highest BCUT2D eigenvalue weighted by Gasteiger charge is 2.08. The van der Waals surface area contributed by atoms with Crippen LogP contribution >= 0.6 is 11.6 Å². The Labute approximate surface area is 152 Å². The second-order valence-corrected chi connectivity index (χ2v) is 6.21. The first-order chi connectivity index (χ1) is 12.1. The number of benzene rings is 1. The van der Waals surface area contributed by atoms with Gasteiger partial charge in [-0.1, -0.05) is 49.0 Å². The fraction of sp³-hybridized carbons (Fsp3) is 0.0952. The molecule has 0 atom stereocenters. The predicted octanol–water partition coefficient (Wildman–Crippen LogP) is 3.47. The number of nitrogens with zero attached hydrogens (tertiary/aromatic N) is 3. The van der Waals surface area contributed by atoms with Crippen molar-refractivity contribution in [2.45, 2.75) is 13.3 Å². The molecule has 4 heteroatoms. The summed E-state index contributed by atoms with van der Waals surface area (Å²) in [4.78, 5) is 13.7. The maximum atomic E-state index is 6.08. The maximum absolute atomic E-state index is 6.08. The van der Waals surface area contributed by atoms with Crippen molar-refractivity contribution in [2.24, 2.45) is 0 Å². The quantitative estimate of drug-likeness (QED) is 0.725. The number of rotatable bonds is 4. The first-order valence-corrected chi connectivity index (χ1v) is 8.30. The van der Waals surface area contributed by atoms with Crippen molar-refractivity contribution in [3.8, 4) is 11.5 Å².